The summed E-state index contributed by atoms with van der Waals surface area (Å²) in [7, 11) is 1.35. The molecule has 0 aromatic heterocycles. The molecule has 1 rings (SSSR count). The summed E-state index contributed by atoms with van der Waals surface area (Å²) in [6, 6.07) is 3.77. The van der Waals surface area contributed by atoms with Gasteiger partial charge in [-0.1, -0.05) is 0 Å². The number of methoxy groups -OCH3 is 1. The summed E-state index contributed by atoms with van der Waals surface area (Å²) >= 11 is 0. The molecule has 1 aromatic carbocycles. The van der Waals surface area contributed by atoms with E-state index in [1.165, 1.54) is 25.3 Å². The largest absolute Gasteiger partial charge is 0.494 e. The zero-order valence-electron chi connectivity index (χ0n) is 11.1. The molecular weight excluding hydrogens is 235 g/mol. The van der Waals surface area contributed by atoms with Gasteiger partial charge in [0.2, 0.25) is 0 Å². The molecule has 0 heterocycles. The first kappa shape index (κ1) is 14.4. The van der Waals surface area contributed by atoms with Crippen molar-refractivity contribution in [2.45, 2.75) is 32.4 Å². The second-order valence-corrected chi connectivity index (χ2v) is 4.81. The number of halogens is 1. The van der Waals surface area contributed by atoms with Gasteiger partial charge in [-0.05, 0) is 39.0 Å². The van der Waals surface area contributed by atoms with E-state index in [0.717, 1.165) is 0 Å². The smallest absolute Gasteiger partial charge is 0.251 e. The summed E-state index contributed by atoms with van der Waals surface area (Å²) in [5.74, 6) is -0.766. The van der Waals surface area contributed by atoms with Crippen molar-refractivity contribution < 1.29 is 13.9 Å². The third-order valence-electron chi connectivity index (χ3n) is 2.99. The molecule has 0 spiro atoms. The maximum Gasteiger partial charge on any atom is 0.251 e. The first-order valence-electron chi connectivity index (χ1n) is 5.69. The molecule has 0 aliphatic rings. The molecule has 1 atom stereocenters. The predicted octanol–water partition coefficient (Wildman–Crippen LogP) is 1.69. The fourth-order valence-corrected chi connectivity index (χ4v) is 1.28. The van der Waals surface area contributed by atoms with Crippen LogP contribution in [-0.2, 0) is 0 Å². The number of carbonyl (C=O) groups excluding carboxylic acids is 1. The van der Waals surface area contributed by atoms with Gasteiger partial charge in [0.15, 0.2) is 11.6 Å². The van der Waals surface area contributed by atoms with Crippen LogP contribution in [0.3, 0.4) is 0 Å². The van der Waals surface area contributed by atoms with E-state index in [0.29, 0.717) is 5.56 Å². The number of ether oxygens (including phenoxy) is 1. The Labute approximate surface area is 106 Å². The summed E-state index contributed by atoms with van der Waals surface area (Å²) < 4.78 is 18.1. The standard InChI is InChI=1S/C13H19FN2O2/c1-8(15)13(2,3)16-12(17)9-5-6-10(14)11(7-9)18-4/h5-8H,15H2,1-4H3,(H,16,17). The van der Waals surface area contributed by atoms with Crippen molar-refractivity contribution in [2.24, 2.45) is 5.73 Å². The number of nitrogens with two attached hydrogens (primary N) is 1. The van der Waals surface area contributed by atoms with Crippen LogP contribution in [0.4, 0.5) is 4.39 Å². The molecule has 1 amide bonds. The molecule has 0 aliphatic carbocycles. The van der Waals surface area contributed by atoms with Crippen LogP contribution >= 0.6 is 0 Å². The number of hydrogen-bond donors (Lipinski definition) is 2. The van der Waals surface area contributed by atoms with Gasteiger partial charge in [-0.25, -0.2) is 4.39 Å². The highest BCUT2D eigenvalue weighted by Crippen LogP contribution is 2.19. The van der Waals surface area contributed by atoms with E-state index in [1.807, 2.05) is 20.8 Å². The lowest BCUT2D eigenvalue weighted by molar-refractivity contribution is 0.0903. The minimum atomic E-state index is -0.543. The first-order chi connectivity index (χ1) is 8.27. The van der Waals surface area contributed by atoms with Crippen LogP contribution in [0.15, 0.2) is 18.2 Å². The fourth-order valence-electron chi connectivity index (χ4n) is 1.28. The minimum absolute atomic E-state index is 0.0428. The third-order valence-corrected chi connectivity index (χ3v) is 2.99. The number of hydrogen-bond acceptors (Lipinski definition) is 3. The Bertz CT molecular complexity index is 445. The third kappa shape index (κ3) is 3.20. The van der Waals surface area contributed by atoms with Crippen LogP contribution in [0.1, 0.15) is 31.1 Å². The monoisotopic (exact) mass is 254 g/mol. The van der Waals surface area contributed by atoms with Crippen LogP contribution < -0.4 is 15.8 Å². The molecule has 0 bridgehead atoms. The Morgan fingerprint density at radius 2 is 2.11 bits per heavy atom. The molecular formula is C13H19FN2O2. The SMILES string of the molecule is COc1cc(C(=O)NC(C)(C)C(C)N)ccc1F. The molecule has 4 nitrogen and oxygen atoms in total. The van der Waals surface area contributed by atoms with Gasteiger partial charge in [0.25, 0.3) is 5.91 Å². The number of benzene rings is 1. The number of nitrogens with one attached hydrogen (secondary N) is 1. The molecule has 1 unspecified atom stereocenters. The molecule has 5 heteroatoms. The number of amides is 1. The van der Waals surface area contributed by atoms with Gasteiger partial charge in [-0.15, -0.1) is 0 Å². The zero-order valence-corrected chi connectivity index (χ0v) is 11.1. The average Bonchev–Trinajstić information content (AvgIpc) is 2.28. The lowest BCUT2D eigenvalue weighted by Crippen LogP contribution is -2.54. The van der Waals surface area contributed by atoms with Gasteiger partial charge in [-0.3, -0.25) is 4.79 Å². The summed E-state index contributed by atoms with van der Waals surface area (Å²) in [5, 5.41) is 2.80. The van der Waals surface area contributed by atoms with E-state index in [-0.39, 0.29) is 17.7 Å². The van der Waals surface area contributed by atoms with Crippen LogP contribution in [0.5, 0.6) is 5.75 Å². The number of rotatable bonds is 4. The Kier molecular flexibility index (Phi) is 4.29. The van der Waals surface area contributed by atoms with E-state index in [9.17, 15) is 9.18 Å². The Balaban J connectivity index is 2.92. The van der Waals surface area contributed by atoms with Crippen molar-refractivity contribution in [2.75, 3.05) is 7.11 Å². The molecule has 18 heavy (non-hydrogen) atoms. The second-order valence-electron chi connectivity index (χ2n) is 4.81. The number of carbonyl (C=O) groups is 1. The first-order valence-corrected chi connectivity index (χ1v) is 5.69. The lowest BCUT2D eigenvalue weighted by atomic mass is 9.96. The van der Waals surface area contributed by atoms with Crippen molar-refractivity contribution in [1.29, 1.82) is 0 Å². The normalized spacial score (nSPS) is 13.0. The second kappa shape index (κ2) is 5.35. The van der Waals surface area contributed by atoms with Crippen LogP contribution in [0, 0.1) is 5.82 Å². The highest BCUT2D eigenvalue weighted by atomic mass is 19.1. The average molecular weight is 254 g/mol. The molecule has 3 N–H and O–H groups in total. The maximum atomic E-state index is 13.2. The molecule has 0 radical (unpaired) electrons. The lowest BCUT2D eigenvalue weighted by Gasteiger charge is -2.30. The molecule has 1 aromatic rings. The van der Waals surface area contributed by atoms with Gasteiger partial charge in [0, 0.05) is 17.1 Å². The topological polar surface area (TPSA) is 64.3 Å². The van der Waals surface area contributed by atoms with E-state index in [4.69, 9.17) is 10.5 Å². The summed E-state index contributed by atoms with van der Waals surface area (Å²) in [6.07, 6.45) is 0. The van der Waals surface area contributed by atoms with Gasteiger partial charge in [-0.2, -0.15) is 0 Å². The Morgan fingerprint density at radius 3 is 2.61 bits per heavy atom. The highest BCUT2D eigenvalue weighted by Gasteiger charge is 2.25. The highest BCUT2D eigenvalue weighted by molar-refractivity contribution is 5.95. The summed E-state index contributed by atoms with van der Waals surface area (Å²) in [4.78, 5) is 12.0. The van der Waals surface area contributed by atoms with Crippen LogP contribution in [0.25, 0.3) is 0 Å². The van der Waals surface area contributed by atoms with E-state index < -0.39 is 11.4 Å². The molecule has 0 saturated heterocycles. The van der Waals surface area contributed by atoms with E-state index >= 15 is 0 Å². The minimum Gasteiger partial charge on any atom is -0.494 e. The molecule has 100 valence electrons. The van der Waals surface area contributed by atoms with Crippen molar-refractivity contribution in [3.8, 4) is 5.75 Å². The van der Waals surface area contributed by atoms with Crippen molar-refractivity contribution in [1.82, 2.24) is 5.32 Å². The molecule has 0 fully saturated rings. The quantitative estimate of drug-likeness (QED) is 0.859. The Hall–Kier alpha value is -1.62. The maximum absolute atomic E-state index is 13.2. The predicted molar refractivity (Wildman–Crippen MR) is 68.1 cm³/mol. The van der Waals surface area contributed by atoms with Gasteiger partial charge >= 0.3 is 0 Å². The van der Waals surface area contributed by atoms with Crippen molar-refractivity contribution in [3.63, 3.8) is 0 Å². The van der Waals surface area contributed by atoms with Crippen LogP contribution in [0.2, 0.25) is 0 Å². The van der Waals surface area contributed by atoms with Crippen molar-refractivity contribution in [3.05, 3.63) is 29.6 Å². The summed E-state index contributed by atoms with van der Waals surface area (Å²) in [6.45, 7) is 5.47. The summed E-state index contributed by atoms with van der Waals surface area (Å²) in [5.41, 5.74) is 5.57. The molecule has 0 aliphatic heterocycles. The molecule has 0 saturated carbocycles. The fraction of sp³-hybridized carbons (Fsp3) is 0.462. The van der Waals surface area contributed by atoms with E-state index in [2.05, 4.69) is 5.32 Å². The zero-order chi connectivity index (χ0) is 13.9. The van der Waals surface area contributed by atoms with Crippen LogP contribution in [-0.4, -0.2) is 24.6 Å². The van der Waals surface area contributed by atoms with Gasteiger partial charge < -0.3 is 15.8 Å². The van der Waals surface area contributed by atoms with Gasteiger partial charge in [0.1, 0.15) is 0 Å². The Morgan fingerprint density at radius 1 is 1.50 bits per heavy atom. The van der Waals surface area contributed by atoms with Gasteiger partial charge in [0.05, 0.1) is 7.11 Å². The van der Waals surface area contributed by atoms with E-state index in [1.54, 1.807) is 0 Å². The van der Waals surface area contributed by atoms with Crippen molar-refractivity contribution >= 4 is 5.91 Å².